The average Bonchev–Trinajstić information content (AvgIpc) is 2.61. The van der Waals surface area contributed by atoms with E-state index in [-0.39, 0.29) is 11.7 Å². The number of amides is 1. The molecule has 0 saturated heterocycles. The molecule has 0 aliphatic rings. The number of nitrogens with zero attached hydrogens (tertiary/aromatic N) is 2. The standard InChI is InChI=1S/C20H21N3O2/c1-23(2)13-12-21-20(25)17-5-3-4-15-8-11-18(22-19(15)17)14-6-9-16(24)10-7-14/h3-11,24H,12-13H2,1-2H3,(H,21,25). The highest BCUT2D eigenvalue weighted by atomic mass is 16.3. The molecule has 5 heteroatoms. The number of rotatable bonds is 5. The Morgan fingerprint density at radius 3 is 2.56 bits per heavy atom. The van der Waals surface area contributed by atoms with E-state index in [0.717, 1.165) is 23.2 Å². The van der Waals surface area contributed by atoms with Crippen molar-refractivity contribution in [2.24, 2.45) is 0 Å². The summed E-state index contributed by atoms with van der Waals surface area (Å²) in [5, 5.41) is 13.3. The molecule has 25 heavy (non-hydrogen) atoms. The van der Waals surface area contributed by atoms with Crippen LogP contribution in [0.4, 0.5) is 0 Å². The molecular formula is C20H21N3O2. The van der Waals surface area contributed by atoms with Gasteiger partial charge in [-0.1, -0.05) is 18.2 Å². The predicted molar refractivity (Wildman–Crippen MR) is 99.7 cm³/mol. The van der Waals surface area contributed by atoms with Crippen LogP contribution in [-0.2, 0) is 0 Å². The van der Waals surface area contributed by atoms with Crippen molar-refractivity contribution in [1.29, 1.82) is 0 Å². The molecule has 0 fully saturated rings. The van der Waals surface area contributed by atoms with Gasteiger partial charge in [0.25, 0.3) is 5.91 Å². The molecule has 128 valence electrons. The summed E-state index contributed by atoms with van der Waals surface area (Å²) < 4.78 is 0. The van der Waals surface area contributed by atoms with Crippen molar-refractivity contribution >= 4 is 16.8 Å². The summed E-state index contributed by atoms with van der Waals surface area (Å²) in [6.07, 6.45) is 0. The van der Waals surface area contributed by atoms with Crippen LogP contribution in [0.25, 0.3) is 22.2 Å². The first-order valence-corrected chi connectivity index (χ1v) is 8.17. The molecule has 5 nitrogen and oxygen atoms in total. The number of carbonyl (C=O) groups excluding carboxylic acids is 1. The van der Waals surface area contributed by atoms with E-state index in [4.69, 9.17) is 0 Å². The van der Waals surface area contributed by atoms with Gasteiger partial charge in [-0.2, -0.15) is 0 Å². The number of phenols is 1. The van der Waals surface area contributed by atoms with Crippen LogP contribution in [-0.4, -0.2) is 48.1 Å². The summed E-state index contributed by atoms with van der Waals surface area (Å²) >= 11 is 0. The fourth-order valence-corrected chi connectivity index (χ4v) is 2.61. The second-order valence-electron chi connectivity index (χ2n) is 6.18. The van der Waals surface area contributed by atoms with E-state index in [2.05, 4.69) is 10.3 Å². The van der Waals surface area contributed by atoms with Crippen molar-refractivity contribution in [2.45, 2.75) is 0 Å². The zero-order valence-corrected chi connectivity index (χ0v) is 14.4. The predicted octanol–water partition coefficient (Wildman–Crippen LogP) is 2.90. The quantitative estimate of drug-likeness (QED) is 0.752. The van der Waals surface area contributed by atoms with Crippen LogP contribution in [0.3, 0.4) is 0 Å². The Balaban J connectivity index is 1.94. The van der Waals surface area contributed by atoms with E-state index in [0.29, 0.717) is 17.6 Å². The fraction of sp³-hybridized carbons (Fsp3) is 0.200. The van der Waals surface area contributed by atoms with Crippen molar-refractivity contribution in [3.8, 4) is 17.0 Å². The summed E-state index contributed by atoms with van der Waals surface area (Å²) in [6.45, 7) is 1.36. The molecule has 0 saturated carbocycles. The van der Waals surface area contributed by atoms with Gasteiger partial charge in [0, 0.05) is 24.0 Å². The first-order valence-electron chi connectivity index (χ1n) is 8.17. The summed E-state index contributed by atoms with van der Waals surface area (Å²) in [6, 6.07) is 16.4. The second-order valence-corrected chi connectivity index (χ2v) is 6.18. The maximum Gasteiger partial charge on any atom is 0.253 e. The van der Waals surface area contributed by atoms with Gasteiger partial charge in [-0.15, -0.1) is 0 Å². The van der Waals surface area contributed by atoms with Crippen molar-refractivity contribution < 1.29 is 9.90 Å². The lowest BCUT2D eigenvalue weighted by molar-refractivity contribution is 0.0952. The first kappa shape index (κ1) is 16.9. The SMILES string of the molecule is CN(C)CCNC(=O)c1cccc2ccc(-c3ccc(O)cc3)nc12. The van der Waals surface area contributed by atoms with E-state index >= 15 is 0 Å². The molecule has 3 aromatic rings. The molecule has 2 N–H and O–H groups in total. The number of pyridine rings is 1. The number of benzene rings is 2. The number of nitrogens with one attached hydrogen (secondary N) is 1. The third-order valence-corrected chi connectivity index (χ3v) is 3.97. The minimum Gasteiger partial charge on any atom is -0.508 e. The number of fused-ring (bicyclic) bond motifs is 1. The van der Waals surface area contributed by atoms with E-state index in [1.165, 1.54) is 0 Å². The molecule has 1 aromatic heterocycles. The minimum absolute atomic E-state index is 0.122. The number of carbonyl (C=O) groups is 1. The summed E-state index contributed by atoms with van der Waals surface area (Å²) in [4.78, 5) is 19.2. The molecule has 0 unspecified atom stereocenters. The molecule has 0 bridgehead atoms. The van der Waals surface area contributed by atoms with Crippen LogP contribution in [0.5, 0.6) is 5.75 Å². The summed E-state index contributed by atoms with van der Waals surface area (Å²) in [5.74, 6) is 0.0910. The Kier molecular flexibility index (Phi) is 4.95. The number of likely N-dealkylation sites (N-methyl/N-ethyl adjacent to an activating group) is 1. The first-order chi connectivity index (χ1) is 12.0. The van der Waals surface area contributed by atoms with E-state index < -0.39 is 0 Å². The Hall–Kier alpha value is -2.92. The number of aromatic nitrogens is 1. The lowest BCUT2D eigenvalue weighted by atomic mass is 10.1. The highest BCUT2D eigenvalue weighted by molar-refractivity contribution is 6.05. The number of para-hydroxylation sites is 1. The highest BCUT2D eigenvalue weighted by Gasteiger charge is 2.12. The number of phenolic OH excluding ortho intramolecular Hbond substituents is 1. The Bertz CT molecular complexity index is 889. The van der Waals surface area contributed by atoms with Gasteiger partial charge in [0.1, 0.15) is 5.75 Å². The Morgan fingerprint density at radius 1 is 1.08 bits per heavy atom. The molecular weight excluding hydrogens is 314 g/mol. The smallest absolute Gasteiger partial charge is 0.253 e. The van der Waals surface area contributed by atoms with E-state index in [1.54, 1.807) is 18.2 Å². The lowest BCUT2D eigenvalue weighted by Gasteiger charge is -2.12. The average molecular weight is 335 g/mol. The van der Waals surface area contributed by atoms with Crippen LogP contribution >= 0.6 is 0 Å². The molecule has 0 aliphatic carbocycles. The van der Waals surface area contributed by atoms with Crippen LogP contribution < -0.4 is 5.32 Å². The molecule has 1 heterocycles. The van der Waals surface area contributed by atoms with Crippen molar-refractivity contribution in [3.05, 3.63) is 60.2 Å². The summed E-state index contributed by atoms with van der Waals surface area (Å²) in [5.41, 5.74) is 2.90. The van der Waals surface area contributed by atoms with Gasteiger partial charge in [-0.25, -0.2) is 4.98 Å². The van der Waals surface area contributed by atoms with Gasteiger partial charge in [0.15, 0.2) is 0 Å². The van der Waals surface area contributed by atoms with Gasteiger partial charge in [-0.05, 0) is 50.5 Å². The van der Waals surface area contributed by atoms with Crippen molar-refractivity contribution in [2.75, 3.05) is 27.2 Å². The van der Waals surface area contributed by atoms with Gasteiger partial charge in [0.05, 0.1) is 16.8 Å². The van der Waals surface area contributed by atoms with Gasteiger partial charge in [0.2, 0.25) is 0 Å². The van der Waals surface area contributed by atoms with Crippen LogP contribution in [0, 0.1) is 0 Å². The largest absolute Gasteiger partial charge is 0.508 e. The minimum atomic E-state index is -0.122. The van der Waals surface area contributed by atoms with E-state index in [1.807, 2.05) is 55.4 Å². The van der Waals surface area contributed by atoms with Gasteiger partial charge in [-0.3, -0.25) is 4.79 Å². The van der Waals surface area contributed by atoms with Gasteiger partial charge >= 0.3 is 0 Å². The molecule has 0 radical (unpaired) electrons. The zero-order valence-electron chi connectivity index (χ0n) is 14.4. The monoisotopic (exact) mass is 335 g/mol. The maximum absolute atomic E-state index is 12.5. The number of aromatic hydroxyl groups is 1. The highest BCUT2D eigenvalue weighted by Crippen LogP contribution is 2.24. The Labute approximate surface area is 146 Å². The van der Waals surface area contributed by atoms with E-state index in [9.17, 15) is 9.90 Å². The van der Waals surface area contributed by atoms with Crippen molar-refractivity contribution in [1.82, 2.24) is 15.2 Å². The van der Waals surface area contributed by atoms with Crippen LogP contribution in [0.1, 0.15) is 10.4 Å². The molecule has 1 amide bonds. The molecule has 0 aliphatic heterocycles. The lowest BCUT2D eigenvalue weighted by Crippen LogP contribution is -2.31. The third kappa shape index (κ3) is 3.95. The number of hydrogen-bond acceptors (Lipinski definition) is 4. The molecule has 3 rings (SSSR count). The zero-order chi connectivity index (χ0) is 17.8. The topological polar surface area (TPSA) is 65.5 Å². The maximum atomic E-state index is 12.5. The second kappa shape index (κ2) is 7.32. The van der Waals surface area contributed by atoms with Crippen LogP contribution in [0.15, 0.2) is 54.6 Å². The van der Waals surface area contributed by atoms with Crippen molar-refractivity contribution in [3.63, 3.8) is 0 Å². The van der Waals surface area contributed by atoms with Crippen LogP contribution in [0.2, 0.25) is 0 Å². The normalized spacial score (nSPS) is 11.0. The third-order valence-electron chi connectivity index (χ3n) is 3.97. The summed E-state index contributed by atoms with van der Waals surface area (Å²) in [7, 11) is 3.94. The fourth-order valence-electron chi connectivity index (χ4n) is 2.61. The molecule has 0 spiro atoms. The molecule has 0 atom stereocenters. The van der Waals surface area contributed by atoms with Gasteiger partial charge < -0.3 is 15.3 Å². The number of hydrogen-bond donors (Lipinski definition) is 2. The molecule has 2 aromatic carbocycles. The Morgan fingerprint density at radius 2 is 1.84 bits per heavy atom.